The molecule has 1 atom stereocenters. The molecular formula is C15H9Cl3S. The fraction of sp³-hybridized carbons (Fsp3) is 0.0667. The molecule has 0 fully saturated rings. The monoisotopic (exact) mass is 326 g/mol. The second kappa shape index (κ2) is 5.34. The van der Waals surface area contributed by atoms with E-state index < -0.39 is 0 Å². The Morgan fingerprint density at radius 1 is 0.895 bits per heavy atom. The van der Waals surface area contributed by atoms with Crippen molar-refractivity contribution < 1.29 is 0 Å². The lowest BCUT2D eigenvalue weighted by molar-refractivity contribution is 1.17. The molecular weight excluding hydrogens is 319 g/mol. The molecule has 0 radical (unpaired) electrons. The van der Waals surface area contributed by atoms with Gasteiger partial charge in [-0.2, -0.15) is 0 Å². The van der Waals surface area contributed by atoms with Crippen LogP contribution in [0.3, 0.4) is 0 Å². The summed E-state index contributed by atoms with van der Waals surface area (Å²) in [6.45, 7) is 0. The summed E-state index contributed by atoms with van der Waals surface area (Å²) in [4.78, 5) is 0. The van der Waals surface area contributed by atoms with E-state index in [4.69, 9.17) is 34.8 Å². The summed E-state index contributed by atoms with van der Waals surface area (Å²) < 4.78 is 1.22. The van der Waals surface area contributed by atoms with Crippen LogP contribution in [-0.2, 0) is 0 Å². The summed E-state index contributed by atoms with van der Waals surface area (Å²) in [6, 6.07) is 13.8. The highest BCUT2D eigenvalue weighted by Crippen LogP contribution is 2.41. The zero-order chi connectivity index (χ0) is 13.4. The molecule has 3 aromatic rings. The van der Waals surface area contributed by atoms with Gasteiger partial charge in [0.15, 0.2) is 0 Å². The predicted octanol–water partition coefficient (Wildman–Crippen LogP) is 6.54. The van der Waals surface area contributed by atoms with Gasteiger partial charge in [0.2, 0.25) is 0 Å². The van der Waals surface area contributed by atoms with Crippen molar-refractivity contribution in [3.05, 3.63) is 69.0 Å². The molecule has 0 saturated heterocycles. The number of fused-ring (bicyclic) bond motifs is 1. The van der Waals surface area contributed by atoms with Crippen LogP contribution < -0.4 is 0 Å². The smallest absolute Gasteiger partial charge is 0.0864 e. The Hall–Kier alpha value is -0.730. The highest BCUT2D eigenvalue weighted by Gasteiger charge is 2.18. The third kappa shape index (κ3) is 2.36. The largest absolute Gasteiger partial charge is 0.143 e. The van der Waals surface area contributed by atoms with Crippen LogP contribution in [-0.4, -0.2) is 0 Å². The van der Waals surface area contributed by atoms with Gasteiger partial charge in [0.1, 0.15) is 0 Å². The van der Waals surface area contributed by atoms with Crippen molar-refractivity contribution >= 4 is 56.2 Å². The first-order chi connectivity index (χ1) is 9.18. The molecule has 4 heteroatoms. The standard InChI is InChI=1S/C15H9Cl3S/c16-12-6-3-5-10(15(12)18)14(17)11-8-19-13-7-2-1-4-9(11)13/h1-8,14H. The first-order valence-electron chi connectivity index (χ1n) is 5.72. The van der Waals surface area contributed by atoms with Crippen LogP contribution in [0.1, 0.15) is 16.5 Å². The maximum atomic E-state index is 6.59. The van der Waals surface area contributed by atoms with Gasteiger partial charge in [-0.05, 0) is 34.0 Å². The first kappa shape index (κ1) is 13.3. The van der Waals surface area contributed by atoms with Gasteiger partial charge in [-0.15, -0.1) is 22.9 Å². The molecule has 19 heavy (non-hydrogen) atoms. The third-order valence-corrected chi connectivity index (χ3v) is 5.32. The van der Waals surface area contributed by atoms with Crippen LogP contribution in [0, 0.1) is 0 Å². The molecule has 3 rings (SSSR count). The van der Waals surface area contributed by atoms with E-state index in [9.17, 15) is 0 Å². The Morgan fingerprint density at radius 2 is 1.68 bits per heavy atom. The SMILES string of the molecule is Clc1cccc(C(Cl)c2csc3ccccc23)c1Cl. The van der Waals surface area contributed by atoms with Gasteiger partial charge < -0.3 is 0 Å². The number of hydrogen-bond acceptors (Lipinski definition) is 1. The molecule has 2 aromatic carbocycles. The van der Waals surface area contributed by atoms with Crippen LogP contribution in [0.15, 0.2) is 47.8 Å². The minimum atomic E-state index is -0.289. The average Bonchev–Trinajstić information content (AvgIpc) is 2.85. The van der Waals surface area contributed by atoms with Crippen molar-refractivity contribution in [2.24, 2.45) is 0 Å². The topological polar surface area (TPSA) is 0 Å². The number of halogens is 3. The van der Waals surface area contributed by atoms with Crippen molar-refractivity contribution in [3.8, 4) is 0 Å². The second-order valence-electron chi connectivity index (χ2n) is 4.19. The molecule has 0 aliphatic heterocycles. The maximum absolute atomic E-state index is 6.59. The van der Waals surface area contributed by atoms with Gasteiger partial charge in [-0.1, -0.05) is 53.5 Å². The fourth-order valence-corrected chi connectivity index (χ4v) is 3.98. The van der Waals surface area contributed by atoms with E-state index in [1.165, 1.54) is 10.1 Å². The van der Waals surface area contributed by atoms with E-state index in [1.807, 2.05) is 24.3 Å². The molecule has 1 aromatic heterocycles. The van der Waals surface area contributed by atoms with Gasteiger partial charge in [0.05, 0.1) is 15.4 Å². The van der Waals surface area contributed by atoms with E-state index in [1.54, 1.807) is 17.4 Å². The third-order valence-electron chi connectivity index (χ3n) is 3.04. The Bertz CT molecular complexity index is 733. The van der Waals surface area contributed by atoms with Gasteiger partial charge in [-0.3, -0.25) is 0 Å². The minimum Gasteiger partial charge on any atom is -0.143 e. The Labute approximate surface area is 130 Å². The zero-order valence-electron chi connectivity index (χ0n) is 9.74. The van der Waals surface area contributed by atoms with Crippen LogP contribution in [0.5, 0.6) is 0 Å². The van der Waals surface area contributed by atoms with Crippen LogP contribution >= 0.6 is 46.1 Å². The quantitative estimate of drug-likeness (QED) is 0.469. The van der Waals surface area contributed by atoms with E-state index in [2.05, 4.69) is 17.5 Å². The van der Waals surface area contributed by atoms with Gasteiger partial charge >= 0.3 is 0 Å². The van der Waals surface area contributed by atoms with Gasteiger partial charge in [0.25, 0.3) is 0 Å². The van der Waals surface area contributed by atoms with Crippen molar-refractivity contribution in [2.75, 3.05) is 0 Å². The van der Waals surface area contributed by atoms with Crippen LogP contribution in [0.25, 0.3) is 10.1 Å². The minimum absolute atomic E-state index is 0.289. The molecule has 0 saturated carbocycles. The van der Waals surface area contributed by atoms with Gasteiger partial charge in [-0.25, -0.2) is 0 Å². The van der Waals surface area contributed by atoms with E-state index in [-0.39, 0.29) is 5.38 Å². The first-order valence-corrected chi connectivity index (χ1v) is 7.80. The van der Waals surface area contributed by atoms with Crippen molar-refractivity contribution in [1.82, 2.24) is 0 Å². The summed E-state index contributed by atoms with van der Waals surface area (Å²) in [5.74, 6) is 0. The van der Waals surface area contributed by atoms with Gasteiger partial charge in [0, 0.05) is 4.70 Å². The van der Waals surface area contributed by atoms with Crippen molar-refractivity contribution in [1.29, 1.82) is 0 Å². The second-order valence-corrected chi connectivity index (χ2v) is 6.33. The molecule has 0 amide bonds. The molecule has 1 heterocycles. The van der Waals surface area contributed by atoms with E-state index in [0.717, 1.165) is 11.1 Å². The maximum Gasteiger partial charge on any atom is 0.0864 e. The van der Waals surface area contributed by atoms with Crippen LogP contribution in [0.2, 0.25) is 10.0 Å². The lowest BCUT2D eigenvalue weighted by Crippen LogP contribution is -1.93. The zero-order valence-corrected chi connectivity index (χ0v) is 12.8. The Morgan fingerprint density at radius 3 is 2.53 bits per heavy atom. The molecule has 0 aliphatic carbocycles. The normalized spacial score (nSPS) is 12.8. The van der Waals surface area contributed by atoms with E-state index >= 15 is 0 Å². The number of benzene rings is 2. The predicted molar refractivity (Wildman–Crippen MR) is 86.0 cm³/mol. The highest BCUT2D eigenvalue weighted by molar-refractivity contribution is 7.17. The highest BCUT2D eigenvalue weighted by atomic mass is 35.5. The molecule has 96 valence electrons. The van der Waals surface area contributed by atoms with Crippen molar-refractivity contribution in [3.63, 3.8) is 0 Å². The molecule has 0 N–H and O–H groups in total. The van der Waals surface area contributed by atoms with E-state index in [0.29, 0.717) is 10.0 Å². The fourth-order valence-electron chi connectivity index (χ4n) is 2.08. The van der Waals surface area contributed by atoms with Crippen LogP contribution in [0.4, 0.5) is 0 Å². The van der Waals surface area contributed by atoms with Crippen molar-refractivity contribution in [2.45, 2.75) is 5.38 Å². The lowest BCUT2D eigenvalue weighted by Gasteiger charge is -2.12. The lowest BCUT2D eigenvalue weighted by atomic mass is 10.0. The number of thiophene rings is 1. The number of alkyl halides is 1. The summed E-state index contributed by atoms with van der Waals surface area (Å²) in [7, 11) is 0. The number of rotatable bonds is 2. The molecule has 0 aliphatic rings. The molecule has 1 unspecified atom stereocenters. The number of hydrogen-bond donors (Lipinski definition) is 0. The Balaban J connectivity index is 2.13. The molecule has 0 spiro atoms. The molecule has 0 bridgehead atoms. The average molecular weight is 328 g/mol. The Kier molecular flexibility index (Phi) is 3.72. The summed E-state index contributed by atoms with van der Waals surface area (Å²) in [5.41, 5.74) is 1.92. The summed E-state index contributed by atoms with van der Waals surface area (Å²) in [5, 5.41) is 4.02. The summed E-state index contributed by atoms with van der Waals surface area (Å²) in [6.07, 6.45) is 0. The molecule has 0 nitrogen and oxygen atoms in total. The summed E-state index contributed by atoms with van der Waals surface area (Å²) >= 11 is 20.6.